The quantitative estimate of drug-likeness (QED) is 0.642. The van der Waals surface area contributed by atoms with Crippen LogP contribution < -0.4 is 4.74 Å². The second kappa shape index (κ2) is 4.18. The first-order chi connectivity index (χ1) is 8.45. The number of aliphatic carboxylic acids is 1. The number of benzene rings is 1. The molecule has 0 spiro atoms. The van der Waals surface area contributed by atoms with Crippen LogP contribution in [-0.4, -0.2) is 29.0 Å². The fourth-order valence-corrected chi connectivity index (χ4v) is 2.09. The van der Waals surface area contributed by atoms with Crippen LogP contribution in [-0.2, 0) is 4.79 Å². The summed E-state index contributed by atoms with van der Waals surface area (Å²) in [6.07, 6.45) is 0. The smallest absolute Gasteiger partial charge is 0.377 e. The van der Waals surface area contributed by atoms with Crippen molar-refractivity contribution in [1.82, 2.24) is 4.98 Å². The number of Topliss-reactive ketones (excluding diaryl/α,β-unsaturated/α-hetero) is 1. The molecule has 0 amide bonds. The maximum Gasteiger partial charge on any atom is 0.377 e. The Kier molecular flexibility index (Phi) is 2.82. The van der Waals surface area contributed by atoms with Crippen molar-refractivity contribution in [3.05, 3.63) is 29.0 Å². The largest absolute Gasteiger partial charge is 0.497 e. The van der Waals surface area contributed by atoms with Gasteiger partial charge in [0, 0.05) is 16.6 Å². The Morgan fingerprint density at radius 3 is 2.50 bits per heavy atom. The van der Waals surface area contributed by atoms with Crippen LogP contribution in [0.25, 0.3) is 10.9 Å². The molecule has 18 heavy (non-hydrogen) atoms. The minimum absolute atomic E-state index is 0.194. The van der Waals surface area contributed by atoms with E-state index in [1.807, 2.05) is 13.0 Å². The molecule has 0 aliphatic rings. The lowest BCUT2D eigenvalue weighted by molar-refractivity contribution is -0.131. The van der Waals surface area contributed by atoms with E-state index in [4.69, 9.17) is 9.84 Å². The minimum atomic E-state index is -1.46. The average molecular weight is 247 g/mol. The molecule has 94 valence electrons. The number of H-pyrrole nitrogens is 1. The van der Waals surface area contributed by atoms with Gasteiger partial charge in [0.1, 0.15) is 5.75 Å². The van der Waals surface area contributed by atoms with Crippen molar-refractivity contribution >= 4 is 22.7 Å². The number of rotatable bonds is 3. The van der Waals surface area contributed by atoms with Crippen LogP contribution in [0, 0.1) is 13.8 Å². The van der Waals surface area contributed by atoms with Crippen molar-refractivity contribution in [2.75, 3.05) is 7.11 Å². The molecule has 1 aromatic heterocycles. The molecule has 5 nitrogen and oxygen atoms in total. The average Bonchev–Trinajstić information content (AvgIpc) is 2.65. The highest BCUT2D eigenvalue weighted by Crippen LogP contribution is 2.29. The Hall–Kier alpha value is -2.30. The van der Waals surface area contributed by atoms with Crippen molar-refractivity contribution in [2.24, 2.45) is 0 Å². The summed E-state index contributed by atoms with van der Waals surface area (Å²) in [5.41, 5.74) is 2.41. The summed E-state index contributed by atoms with van der Waals surface area (Å²) in [4.78, 5) is 25.6. The van der Waals surface area contributed by atoms with E-state index >= 15 is 0 Å². The number of methoxy groups -OCH3 is 1. The van der Waals surface area contributed by atoms with Gasteiger partial charge in [-0.3, -0.25) is 4.79 Å². The second-order valence-electron chi connectivity index (χ2n) is 4.13. The van der Waals surface area contributed by atoms with E-state index < -0.39 is 11.8 Å². The van der Waals surface area contributed by atoms with Gasteiger partial charge in [0.2, 0.25) is 0 Å². The van der Waals surface area contributed by atoms with Gasteiger partial charge >= 0.3 is 5.97 Å². The molecule has 0 saturated carbocycles. The summed E-state index contributed by atoms with van der Waals surface area (Å²) in [6.45, 7) is 3.55. The molecule has 0 aliphatic carbocycles. The highest BCUT2D eigenvalue weighted by molar-refractivity contribution is 6.42. The lowest BCUT2D eigenvalue weighted by Gasteiger charge is -2.03. The van der Waals surface area contributed by atoms with Crippen LogP contribution in [0.4, 0.5) is 0 Å². The van der Waals surface area contributed by atoms with Gasteiger partial charge in [-0.2, -0.15) is 0 Å². The highest BCUT2D eigenvalue weighted by atomic mass is 16.5. The van der Waals surface area contributed by atoms with Gasteiger partial charge in [0.15, 0.2) is 0 Å². The number of aromatic amines is 1. The summed E-state index contributed by atoms with van der Waals surface area (Å²) in [5, 5.41) is 9.42. The van der Waals surface area contributed by atoms with Crippen molar-refractivity contribution in [2.45, 2.75) is 13.8 Å². The van der Waals surface area contributed by atoms with Crippen molar-refractivity contribution < 1.29 is 19.4 Å². The van der Waals surface area contributed by atoms with Crippen LogP contribution in [0.1, 0.15) is 21.6 Å². The van der Waals surface area contributed by atoms with E-state index in [-0.39, 0.29) is 5.56 Å². The molecule has 0 unspecified atom stereocenters. The van der Waals surface area contributed by atoms with E-state index in [2.05, 4.69) is 4.98 Å². The Balaban J connectivity index is 2.81. The van der Waals surface area contributed by atoms with E-state index in [0.717, 1.165) is 11.1 Å². The molecule has 2 rings (SSSR count). The van der Waals surface area contributed by atoms with Crippen LogP contribution >= 0.6 is 0 Å². The predicted molar refractivity (Wildman–Crippen MR) is 66.3 cm³/mol. The molecular formula is C13H13NO4. The highest BCUT2D eigenvalue weighted by Gasteiger charge is 2.23. The number of carboxylic acid groups (broad SMARTS) is 1. The zero-order valence-corrected chi connectivity index (χ0v) is 10.3. The van der Waals surface area contributed by atoms with E-state index in [1.165, 1.54) is 7.11 Å². The molecular weight excluding hydrogens is 234 g/mol. The van der Waals surface area contributed by atoms with E-state index in [0.29, 0.717) is 16.8 Å². The lowest BCUT2D eigenvalue weighted by Crippen LogP contribution is -2.13. The maximum absolute atomic E-state index is 11.7. The third-order valence-corrected chi connectivity index (χ3v) is 2.92. The molecule has 0 aliphatic heterocycles. The minimum Gasteiger partial charge on any atom is -0.497 e. The van der Waals surface area contributed by atoms with Crippen molar-refractivity contribution in [3.63, 3.8) is 0 Å². The molecule has 2 N–H and O–H groups in total. The summed E-state index contributed by atoms with van der Waals surface area (Å²) < 4.78 is 5.13. The lowest BCUT2D eigenvalue weighted by atomic mass is 10.0. The van der Waals surface area contributed by atoms with Gasteiger partial charge in [-0.25, -0.2) is 4.79 Å². The fourth-order valence-electron chi connectivity index (χ4n) is 2.09. The Labute approximate surface area is 103 Å². The van der Waals surface area contributed by atoms with Crippen LogP contribution in [0.3, 0.4) is 0 Å². The number of hydrogen-bond donors (Lipinski definition) is 2. The molecule has 0 bridgehead atoms. The zero-order chi connectivity index (χ0) is 13.4. The first kappa shape index (κ1) is 12.2. The number of aromatic nitrogens is 1. The third kappa shape index (κ3) is 1.73. The molecule has 0 fully saturated rings. The molecule has 0 atom stereocenters. The van der Waals surface area contributed by atoms with Crippen LogP contribution in [0.2, 0.25) is 0 Å². The first-order valence-electron chi connectivity index (χ1n) is 5.40. The molecule has 5 heteroatoms. The molecule has 1 heterocycles. The van der Waals surface area contributed by atoms with Gasteiger partial charge in [-0.05, 0) is 31.5 Å². The third-order valence-electron chi connectivity index (χ3n) is 2.92. The number of hydrogen-bond acceptors (Lipinski definition) is 3. The second-order valence-corrected chi connectivity index (χ2v) is 4.13. The standard InChI is InChI=1S/C13H13NO4/c1-6-4-8(18-3)5-9-10(12(15)13(16)17)7(2)14-11(6)9/h4-5,14H,1-3H3,(H,16,17). The van der Waals surface area contributed by atoms with Crippen molar-refractivity contribution in [1.29, 1.82) is 0 Å². The first-order valence-corrected chi connectivity index (χ1v) is 5.40. The number of aryl methyl sites for hydroxylation is 2. The molecule has 1 aromatic carbocycles. The van der Waals surface area contributed by atoms with Crippen LogP contribution in [0.15, 0.2) is 12.1 Å². The topological polar surface area (TPSA) is 79.4 Å². The summed E-state index contributed by atoms with van der Waals surface area (Å²) in [6, 6.07) is 3.50. The molecule has 0 radical (unpaired) electrons. The van der Waals surface area contributed by atoms with Gasteiger partial charge in [-0.15, -0.1) is 0 Å². The van der Waals surface area contributed by atoms with E-state index in [1.54, 1.807) is 13.0 Å². The number of ketones is 1. The number of fused-ring (bicyclic) bond motifs is 1. The Bertz CT molecular complexity index is 655. The number of carbonyl (C=O) groups excluding carboxylic acids is 1. The monoisotopic (exact) mass is 247 g/mol. The summed E-state index contributed by atoms with van der Waals surface area (Å²) in [5.74, 6) is -1.77. The summed E-state index contributed by atoms with van der Waals surface area (Å²) >= 11 is 0. The summed E-state index contributed by atoms with van der Waals surface area (Å²) in [7, 11) is 1.53. The Morgan fingerprint density at radius 2 is 1.94 bits per heavy atom. The normalized spacial score (nSPS) is 10.6. The number of carboxylic acids is 1. The van der Waals surface area contributed by atoms with Crippen molar-refractivity contribution in [3.8, 4) is 5.75 Å². The fraction of sp³-hybridized carbons (Fsp3) is 0.231. The van der Waals surface area contributed by atoms with Gasteiger partial charge in [0.25, 0.3) is 5.78 Å². The SMILES string of the molecule is COc1cc(C)c2[nH]c(C)c(C(=O)C(=O)O)c2c1. The zero-order valence-electron chi connectivity index (χ0n) is 10.3. The number of ether oxygens (including phenoxy) is 1. The molecule has 2 aromatic rings. The van der Waals surface area contributed by atoms with Gasteiger partial charge < -0.3 is 14.8 Å². The maximum atomic E-state index is 11.7. The number of carbonyl (C=O) groups is 2. The Morgan fingerprint density at radius 1 is 1.28 bits per heavy atom. The van der Waals surface area contributed by atoms with Gasteiger partial charge in [-0.1, -0.05) is 0 Å². The number of nitrogens with one attached hydrogen (secondary N) is 1. The van der Waals surface area contributed by atoms with Gasteiger partial charge in [0.05, 0.1) is 12.7 Å². The van der Waals surface area contributed by atoms with Crippen LogP contribution in [0.5, 0.6) is 5.75 Å². The molecule has 0 saturated heterocycles. The van der Waals surface area contributed by atoms with E-state index in [9.17, 15) is 9.59 Å². The predicted octanol–water partition coefficient (Wildman–Crippen LogP) is 2.06.